The van der Waals surface area contributed by atoms with Crippen molar-refractivity contribution in [2.75, 3.05) is 13.7 Å². The van der Waals surface area contributed by atoms with Crippen LogP contribution in [0.2, 0.25) is 10.0 Å². The van der Waals surface area contributed by atoms with Crippen LogP contribution < -0.4 is 15.2 Å². The van der Waals surface area contributed by atoms with Crippen LogP contribution in [0, 0.1) is 5.92 Å². The fraction of sp³-hybridized carbons (Fsp3) is 0.250. The number of pyridine rings is 2. The van der Waals surface area contributed by atoms with Crippen LogP contribution in [-0.2, 0) is 12.4 Å². The maximum absolute atomic E-state index is 13.8. The highest BCUT2D eigenvalue weighted by Crippen LogP contribution is 2.42. The summed E-state index contributed by atoms with van der Waals surface area (Å²) in [7, 11) is 1.22. The minimum atomic E-state index is -4.57. The molecule has 6 aromatic rings. The molecule has 2 N–H and O–H groups in total. The molecule has 0 radical (unpaired) electrons. The Morgan fingerprint density at radius 2 is 1.11 bits per heavy atom. The largest absolute Gasteiger partial charge is 0.496 e. The van der Waals surface area contributed by atoms with Gasteiger partial charge in [-0.2, -0.15) is 26.3 Å². The number of methoxy groups -OCH3 is 1. The van der Waals surface area contributed by atoms with Gasteiger partial charge in [-0.3, -0.25) is 9.97 Å². The Hall–Kier alpha value is -4.58. The number of halogens is 8. The van der Waals surface area contributed by atoms with Crippen molar-refractivity contribution in [3.05, 3.63) is 118 Å². The number of fused-ring (bicyclic) bond motifs is 2. The second kappa shape index (κ2) is 15.8. The van der Waals surface area contributed by atoms with Crippen molar-refractivity contribution in [1.82, 2.24) is 9.97 Å². The zero-order valence-electron chi connectivity index (χ0n) is 29.0. The summed E-state index contributed by atoms with van der Waals surface area (Å²) >= 11 is 11.9. The molecule has 0 bridgehead atoms. The molecule has 2 heterocycles. The topological polar surface area (TPSA) is 70.3 Å². The lowest BCUT2D eigenvalue weighted by atomic mass is 9.93. The van der Waals surface area contributed by atoms with E-state index >= 15 is 0 Å². The SMILES string of the molecule is CC(C)C[C@](C)(N)COc1ccc(-c2ccnc3cc(Cl)ccc23)cc1C(F)(F)F.COc1ccc(-c2ccnc3cc(Cl)ccc23)cc1C(F)(F)F. The van der Waals surface area contributed by atoms with Gasteiger partial charge in [-0.1, -0.05) is 61.3 Å². The van der Waals surface area contributed by atoms with E-state index in [-0.39, 0.29) is 18.1 Å². The van der Waals surface area contributed by atoms with Crippen molar-refractivity contribution in [2.24, 2.45) is 11.7 Å². The van der Waals surface area contributed by atoms with Gasteiger partial charge in [-0.05, 0) is 102 Å². The molecule has 13 heteroatoms. The average molecular weight is 775 g/mol. The Balaban J connectivity index is 0.000000211. The van der Waals surface area contributed by atoms with E-state index in [0.717, 1.165) is 22.9 Å². The van der Waals surface area contributed by atoms with Crippen LogP contribution in [0.5, 0.6) is 11.5 Å². The van der Waals surface area contributed by atoms with Crippen molar-refractivity contribution < 1.29 is 35.8 Å². The van der Waals surface area contributed by atoms with E-state index in [1.807, 2.05) is 13.8 Å². The predicted molar refractivity (Wildman–Crippen MR) is 198 cm³/mol. The van der Waals surface area contributed by atoms with Gasteiger partial charge in [0, 0.05) is 38.8 Å². The summed E-state index contributed by atoms with van der Waals surface area (Å²) in [6.07, 6.45) is -5.32. The maximum Gasteiger partial charge on any atom is 0.419 e. The van der Waals surface area contributed by atoms with Crippen LogP contribution in [0.4, 0.5) is 26.3 Å². The van der Waals surface area contributed by atoms with E-state index in [1.165, 1.54) is 19.2 Å². The molecular weight excluding hydrogens is 739 g/mol. The number of aromatic nitrogens is 2. The Kier molecular flexibility index (Phi) is 11.8. The third kappa shape index (κ3) is 9.70. The number of nitrogens with zero attached hydrogens (tertiary/aromatic N) is 2. The Bertz CT molecular complexity index is 2240. The normalized spacial score (nSPS) is 13.1. The molecule has 0 saturated heterocycles. The summed E-state index contributed by atoms with van der Waals surface area (Å²) in [6.45, 7) is 5.79. The molecule has 5 nitrogen and oxygen atoms in total. The molecule has 0 aliphatic rings. The van der Waals surface area contributed by atoms with Crippen molar-refractivity contribution in [1.29, 1.82) is 0 Å². The molecule has 0 amide bonds. The summed E-state index contributed by atoms with van der Waals surface area (Å²) in [5, 5.41) is 2.48. The number of hydrogen-bond acceptors (Lipinski definition) is 5. The average Bonchev–Trinajstić information content (AvgIpc) is 3.08. The predicted octanol–water partition coefficient (Wildman–Crippen LogP) is 12.3. The van der Waals surface area contributed by atoms with Crippen LogP contribution in [0.15, 0.2) is 97.3 Å². The summed E-state index contributed by atoms with van der Waals surface area (Å²) in [5.74, 6) is -0.128. The number of hydrogen-bond donors (Lipinski definition) is 1. The highest BCUT2D eigenvalue weighted by atomic mass is 35.5. The fourth-order valence-electron chi connectivity index (χ4n) is 6.12. The number of alkyl halides is 6. The van der Waals surface area contributed by atoms with Crippen molar-refractivity contribution >= 4 is 45.0 Å². The lowest BCUT2D eigenvalue weighted by Gasteiger charge is -2.27. The zero-order valence-corrected chi connectivity index (χ0v) is 30.6. The number of rotatable bonds is 8. The molecule has 0 fully saturated rings. The Morgan fingerprint density at radius 1 is 0.660 bits per heavy atom. The second-order valence-corrected chi connectivity index (χ2v) is 14.1. The summed E-state index contributed by atoms with van der Waals surface area (Å²) in [6, 6.07) is 21.7. The summed E-state index contributed by atoms with van der Waals surface area (Å²) in [4.78, 5) is 8.45. The van der Waals surface area contributed by atoms with E-state index in [0.29, 0.717) is 55.7 Å². The molecule has 0 aliphatic heterocycles. The summed E-state index contributed by atoms with van der Waals surface area (Å²) in [5.41, 5.74) is 7.21. The van der Waals surface area contributed by atoms with Gasteiger partial charge >= 0.3 is 12.4 Å². The van der Waals surface area contributed by atoms with E-state index < -0.39 is 29.0 Å². The highest BCUT2D eigenvalue weighted by Gasteiger charge is 2.36. The number of nitrogens with two attached hydrogens (primary N) is 1. The van der Waals surface area contributed by atoms with Crippen molar-refractivity contribution in [3.8, 4) is 33.8 Å². The van der Waals surface area contributed by atoms with Gasteiger partial charge in [0.2, 0.25) is 0 Å². The molecular formula is C40H35Cl2F6N3O2. The van der Waals surface area contributed by atoms with Gasteiger partial charge in [0.05, 0.1) is 29.3 Å². The van der Waals surface area contributed by atoms with Crippen LogP contribution in [0.3, 0.4) is 0 Å². The molecule has 2 aromatic heterocycles. The Labute approximate surface area is 312 Å². The van der Waals surface area contributed by atoms with Gasteiger partial charge < -0.3 is 15.2 Å². The van der Waals surface area contributed by atoms with Gasteiger partial charge in [0.25, 0.3) is 0 Å². The van der Waals surface area contributed by atoms with E-state index in [9.17, 15) is 26.3 Å². The van der Waals surface area contributed by atoms with Crippen LogP contribution >= 0.6 is 23.2 Å². The third-order valence-corrected chi connectivity index (χ3v) is 8.72. The molecule has 0 unspecified atom stereocenters. The van der Waals surface area contributed by atoms with Crippen molar-refractivity contribution in [2.45, 2.75) is 45.1 Å². The lowest BCUT2D eigenvalue weighted by molar-refractivity contribution is -0.139. The van der Waals surface area contributed by atoms with Crippen LogP contribution in [-0.4, -0.2) is 29.2 Å². The first-order valence-electron chi connectivity index (χ1n) is 16.3. The van der Waals surface area contributed by atoms with E-state index in [4.69, 9.17) is 38.4 Å². The first-order chi connectivity index (χ1) is 24.9. The molecule has 0 spiro atoms. The molecule has 1 atom stereocenters. The van der Waals surface area contributed by atoms with E-state index in [2.05, 4.69) is 9.97 Å². The number of ether oxygens (including phenoxy) is 2. The van der Waals surface area contributed by atoms with Gasteiger partial charge in [0.15, 0.2) is 0 Å². The van der Waals surface area contributed by atoms with Gasteiger partial charge in [-0.25, -0.2) is 0 Å². The van der Waals surface area contributed by atoms with Gasteiger partial charge in [-0.15, -0.1) is 0 Å². The fourth-order valence-corrected chi connectivity index (χ4v) is 6.45. The first kappa shape index (κ1) is 39.6. The first-order valence-corrected chi connectivity index (χ1v) is 17.1. The summed E-state index contributed by atoms with van der Waals surface area (Å²) < 4.78 is 91.3. The monoisotopic (exact) mass is 773 g/mol. The third-order valence-electron chi connectivity index (χ3n) is 8.25. The smallest absolute Gasteiger partial charge is 0.419 e. The molecule has 6 rings (SSSR count). The molecule has 0 saturated carbocycles. The highest BCUT2D eigenvalue weighted by molar-refractivity contribution is 6.31. The molecule has 4 aromatic carbocycles. The lowest BCUT2D eigenvalue weighted by Crippen LogP contribution is -2.43. The quantitative estimate of drug-likeness (QED) is 0.156. The minimum Gasteiger partial charge on any atom is -0.496 e. The Morgan fingerprint density at radius 3 is 1.55 bits per heavy atom. The molecule has 278 valence electrons. The zero-order chi connectivity index (χ0) is 38.7. The standard InChI is InChI=1S/C23H24ClF3N2O.C17H11ClF3NO/c1-14(2)12-22(3,28)13-30-21-7-4-15(10-19(21)23(25,26)27)17-8-9-29-20-11-16(24)5-6-18(17)20;1-23-16-5-2-10(8-14(16)17(19,20)21)12-6-7-22-15-9-11(18)3-4-13(12)15/h4-11,14H,12-13,28H2,1-3H3;2-9H,1H3/t22-;/m0./s1. The molecule has 0 aliphatic carbocycles. The number of benzene rings is 4. The minimum absolute atomic E-state index is 0.00963. The molecule has 53 heavy (non-hydrogen) atoms. The van der Waals surface area contributed by atoms with Crippen LogP contribution in [0.1, 0.15) is 38.3 Å². The van der Waals surface area contributed by atoms with Gasteiger partial charge in [0.1, 0.15) is 18.1 Å². The van der Waals surface area contributed by atoms with Crippen molar-refractivity contribution in [3.63, 3.8) is 0 Å². The second-order valence-electron chi connectivity index (χ2n) is 13.2. The maximum atomic E-state index is 13.8. The van der Waals surface area contributed by atoms with E-state index in [1.54, 1.807) is 80.0 Å². The van der Waals surface area contributed by atoms with Crippen LogP contribution in [0.25, 0.3) is 44.1 Å².